The lowest BCUT2D eigenvalue weighted by atomic mass is 10.1. The Balaban J connectivity index is 3.21. The van der Waals surface area contributed by atoms with Gasteiger partial charge in [-0.1, -0.05) is 13.8 Å². The fourth-order valence-corrected chi connectivity index (χ4v) is 1.31. The second-order valence-corrected chi connectivity index (χ2v) is 4.10. The number of unbranched alkanes of at least 4 members (excludes halogenated alkanes) is 1. The van der Waals surface area contributed by atoms with E-state index in [-0.39, 0.29) is 0 Å². The number of hydrogen-bond acceptors (Lipinski definition) is 2. The molecule has 0 heterocycles. The molecule has 13 heavy (non-hydrogen) atoms. The van der Waals surface area contributed by atoms with E-state index in [2.05, 4.69) is 31.9 Å². The summed E-state index contributed by atoms with van der Waals surface area (Å²) >= 11 is 0. The average Bonchev–Trinajstić information content (AvgIpc) is 2.04. The van der Waals surface area contributed by atoms with E-state index < -0.39 is 0 Å². The number of nitriles is 1. The third-order valence-corrected chi connectivity index (χ3v) is 2.15. The van der Waals surface area contributed by atoms with Crippen LogP contribution in [0, 0.1) is 17.2 Å². The lowest BCUT2D eigenvalue weighted by molar-refractivity contribution is 0.315. The molecule has 0 rings (SSSR count). The summed E-state index contributed by atoms with van der Waals surface area (Å²) in [4.78, 5) is 2.32. The van der Waals surface area contributed by atoms with Crippen LogP contribution in [-0.2, 0) is 0 Å². The van der Waals surface area contributed by atoms with E-state index in [4.69, 9.17) is 5.26 Å². The molecule has 0 fully saturated rings. The monoisotopic (exact) mass is 182 g/mol. The first-order valence-corrected chi connectivity index (χ1v) is 5.22. The molecule has 0 aliphatic rings. The van der Waals surface area contributed by atoms with E-state index in [9.17, 15) is 0 Å². The Morgan fingerprint density at radius 2 is 1.85 bits per heavy atom. The van der Waals surface area contributed by atoms with Gasteiger partial charge in [-0.2, -0.15) is 5.26 Å². The largest absolute Gasteiger partial charge is 0.306 e. The molecule has 0 N–H and O–H groups in total. The minimum atomic E-state index is 0.689. The van der Waals surface area contributed by atoms with Crippen molar-refractivity contribution in [2.24, 2.45) is 5.92 Å². The van der Waals surface area contributed by atoms with Crippen molar-refractivity contribution in [2.75, 3.05) is 20.1 Å². The van der Waals surface area contributed by atoms with E-state index >= 15 is 0 Å². The zero-order valence-electron chi connectivity index (χ0n) is 9.21. The van der Waals surface area contributed by atoms with Crippen molar-refractivity contribution in [3.8, 4) is 6.07 Å². The van der Waals surface area contributed by atoms with Crippen molar-refractivity contribution in [3.05, 3.63) is 0 Å². The Bertz CT molecular complexity index is 147. The first kappa shape index (κ1) is 12.4. The van der Waals surface area contributed by atoms with Gasteiger partial charge in [0.25, 0.3) is 0 Å². The average molecular weight is 182 g/mol. The van der Waals surface area contributed by atoms with Crippen LogP contribution in [-0.4, -0.2) is 25.0 Å². The van der Waals surface area contributed by atoms with Crippen LogP contribution in [0.25, 0.3) is 0 Å². The summed E-state index contributed by atoms with van der Waals surface area (Å²) in [5.74, 6) is 0.813. The summed E-state index contributed by atoms with van der Waals surface area (Å²) in [6.45, 7) is 6.75. The highest BCUT2D eigenvalue weighted by molar-refractivity contribution is 4.69. The van der Waals surface area contributed by atoms with Gasteiger partial charge in [0.1, 0.15) is 0 Å². The molecule has 0 aromatic heterocycles. The topological polar surface area (TPSA) is 27.0 Å². The second-order valence-electron chi connectivity index (χ2n) is 4.10. The van der Waals surface area contributed by atoms with Crippen molar-refractivity contribution in [1.29, 1.82) is 5.26 Å². The van der Waals surface area contributed by atoms with Crippen molar-refractivity contribution < 1.29 is 0 Å². The van der Waals surface area contributed by atoms with Crippen molar-refractivity contribution in [2.45, 2.75) is 39.5 Å². The highest BCUT2D eigenvalue weighted by Gasteiger charge is 1.99. The number of rotatable bonds is 7. The molecule has 0 saturated carbocycles. The molecule has 0 aliphatic carbocycles. The van der Waals surface area contributed by atoms with Crippen LogP contribution in [0.5, 0.6) is 0 Å². The molecule has 0 amide bonds. The number of nitrogens with zero attached hydrogens (tertiary/aromatic N) is 2. The van der Waals surface area contributed by atoms with Gasteiger partial charge in [-0.15, -0.1) is 0 Å². The Hall–Kier alpha value is -0.550. The lowest BCUT2D eigenvalue weighted by Gasteiger charge is -2.16. The fourth-order valence-electron chi connectivity index (χ4n) is 1.31. The normalized spacial score (nSPS) is 10.8. The zero-order valence-corrected chi connectivity index (χ0v) is 9.21. The van der Waals surface area contributed by atoms with Crippen molar-refractivity contribution >= 4 is 0 Å². The van der Waals surface area contributed by atoms with Gasteiger partial charge in [0.05, 0.1) is 6.07 Å². The van der Waals surface area contributed by atoms with Crippen LogP contribution in [0.3, 0.4) is 0 Å². The maximum absolute atomic E-state index is 8.36. The molecule has 2 nitrogen and oxygen atoms in total. The van der Waals surface area contributed by atoms with Gasteiger partial charge < -0.3 is 4.90 Å². The second kappa shape index (κ2) is 8.07. The van der Waals surface area contributed by atoms with Crippen LogP contribution in [0.2, 0.25) is 0 Å². The van der Waals surface area contributed by atoms with Crippen LogP contribution < -0.4 is 0 Å². The van der Waals surface area contributed by atoms with Gasteiger partial charge in [-0.3, -0.25) is 0 Å². The SMILES string of the molecule is CC(C)CCCN(C)CCCC#N. The van der Waals surface area contributed by atoms with Gasteiger partial charge in [-0.25, -0.2) is 0 Å². The maximum atomic E-state index is 8.36. The molecule has 0 saturated heterocycles. The molecule has 0 unspecified atom stereocenters. The van der Waals surface area contributed by atoms with Crippen molar-refractivity contribution in [3.63, 3.8) is 0 Å². The van der Waals surface area contributed by atoms with E-state index in [1.807, 2.05) is 0 Å². The minimum absolute atomic E-state index is 0.689. The molecule has 76 valence electrons. The Kier molecular flexibility index (Phi) is 7.73. The molecular formula is C11H22N2. The standard InChI is InChI=1S/C11H22N2/c1-11(2)7-6-10-13(3)9-5-4-8-12/h11H,4-7,9-10H2,1-3H3. The summed E-state index contributed by atoms with van der Waals surface area (Å²) in [7, 11) is 2.14. The van der Waals surface area contributed by atoms with Crippen molar-refractivity contribution in [1.82, 2.24) is 4.90 Å². The molecule has 0 aliphatic heterocycles. The molecule has 0 bridgehead atoms. The van der Waals surface area contributed by atoms with E-state index in [0.29, 0.717) is 6.42 Å². The minimum Gasteiger partial charge on any atom is -0.306 e. The van der Waals surface area contributed by atoms with Gasteiger partial charge in [0.2, 0.25) is 0 Å². The summed E-state index contributed by atoms with van der Waals surface area (Å²) in [6.07, 6.45) is 4.28. The van der Waals surface area contributed by atoms with Gasteiger partial charge in [-0.05, 0) is 45.3 Å². The summed E-state index contributed by atoms with van der Waals surface area (Å²) < 4.78 is 0. The summed E-state index contributed by atoms with van der Waals surface area (Å²) in [5.41, 5.74) is 0. The van der Waals surface area contributed by atoms with Gasteiger partial charge >= 0.3 is 0 Å². The highest BCUT2D eigenvalue weighted by atomic mass is 15.1. The molecule has 0 aromatic rings. The molecule has 0 spiro atoms. The Morgan fingerprint density at radius 3 is 2.38 bits per heavy atom. The Labute approximate surface area is 82.5 Å². The van der Waals surface area contributed by atoms with Gasteiger partial charge in [0, 0.05) is 6.42 Å². The molecule has 0 atom stereocenters. The van der Waals surface area contributed by atoms with Crippen LogP contribution >= 0.6 is 0 Å². The number of hydrogen-bond donors (Lipinski definition) is 0. The Morgan fingerprint density at radius 1 is 1.23 bits per heavy atom. The summed E-state index contributed by atoms with van der Waals surface area (Å²) in [5, 5.41) is 8.36. The van der Waals surface area contributed by atoms with Gasteiger partial charge in [0.15, 0.2) is 0 Å². The van der Waals surface area contributed by atoms with Crippen LogP contribution in [0.15, 0.2) is 0 Å². The lowest BCUT2D eigenvalue weighted by Crippen LogP contribution is -2.21. The zero-order chi connectivity index (χ0) is 10.1. The quantitative estimate of drug-likeness (QED) is 0.566. The van der Waals surface area contributed by atoms with E-state index in [1.165, 1.54) is 19.4 Å². The van der Waals surface area contributed by atoms with E-state index in [1.54, 1.807) is 0 Å². The molecule has 0 radical (unpaired) electrons. The van der Waals surface area contributed by atoms with Crippen LogP contribution in [0.4, 0.5) is 0 Å². The molecule has 0 aromatic carbocycles. The summed E-state index contributed by atoms with van der Waals surface area (Å²) in [6, 6.07) is 2.17. The first-order chi connectivity index (χ1) is 6.16. The first-order valence-electron chi connectivity index (χ1n) is 5.22. The molecule has 2 heteroatoms. The molecular weight excluding hydrogens is 160 g/mol. The van der Waals surface area contributed by atoms with Crippen LogP contribution in [0.1, 0.15) is 39.5 Å². The predicted octanol–water partition coefficient (Wildman–Crippen LogP) is 2.66. The van der Waals surface area contributed by atoms with E-state index in [0.717, 1.165) is 18.9 Å². The predicted molar refractivity (Wildman–Crippen MR) is 56.4 cm³/mol. The third-order valence-electron chi connectivity index (χ3n) is 2.15. The fraction of sp³-hybridized carbons (Fsp3) is 0.909. The smallest absolute Gasteiger partial charge is 0.0622 e. The highest BCUT2D eigenvalue weighted by Crippen LogP contribution is 2.04. The maximum Gasteiger partial charge on any atom is 0.0622 e. The third kappa shape index (κ3) is 9.36.